The zero-order valence-corrected chi connectivity index (χ0v) is 14.9. The normalized spacial score (nSPS) is 21.7. The van der Waals surface area contributed by atoms with Gasteiger partial charge >= 0.3 is 5.97 Å². The summed E-state index contributed by atoms with van der Waals surface area (Å²) in [5, 5.41) is 14.2. The number of nitrogens with one attached hydrogen (secondary N) is 2. The van der Waals surface area contributed by atoms with Crippen LogP contribution in [-0.2, 0) is 22.6 Å². The quantitative estimate of drug-likeness (QED) is 0.667. The lowest BCUT2D eigenvalue weighted by Crippen LogP contribution is -2.48. The predicted molar refractivity (Wildman–Crippen MR) is 94.5 cm³/mol. The first-order valence-corrected chi connectivity index (χ1v) is 8.79. The molecule has 142 valence electrons. The van der Waals surface area contributed by atoms with Crippen LogP contribution in [0.25, 0.3) is 0 Å². The maximum atomic E-state index is 12.9. The van der Waals surface area contributed by atoms with E-state index in [9.17, 15) is 14.7 Å². The van der Waals surface area contributed by atoms with Crippen LogP contribution in [0.2, 0.25) is 0 Å². The van der Waals surface area contributed by atoms with Gasteiger partial charge in [0.15, 0.2) is 5.69 Å². The van der Waals surface area contributed by atoms with E-state index in [1.54, 1.807) is 27.8 Å². The molecule has 27 heavy (non-hydrogen) atoms. The first-order chi connectivity index (χ1) is 13.1. The Kier molecular flexibility index (Phi) is 4.54. The summed E-state index contributed by atoms with van der Waals surface area (Å²) in [6, 6.07) is 8.24. The third-order valence-electron chi connectivity index (χ3n) is 5.02. The van der Waals surface area contributed by atoms with Crippen molar-refractivity contribution in [3.63, 3.8) is 0 Å². The number of para-hydroxylation sites is 1. The van der Waals surface area contributed by atoms with E-state index >= 15 is 0 Å². The largest absolute Gasteiger partial charge is 0.508 e. The number of carbonyl (C=O) groups is 2. The zero-order chi connectivity index (χ0) is 19.0. The number of benzene rings is 1. The Morgan fingerprint density at radius 3 is 2.85 bits per heavy atom. The van der Waals surface area contributed by atoms with Gasteiger partial charge in [-0.2, -0.15) is 5.10 Å². The van der Waals surface area contributed by atoms with Crippen molar-refractivity contribution < 1.29 is 19.4 Å². The highest BCUT2D eigenvalue weighted by Crippen LogP contribution is 2.30. The molecule has 4 rings (SSSR count). The van der Waals surface area contributed by atoms with Gasteiger partial charge in [0.05, 0.1) is 31.9 Å². The highest BCUT2D eigenvalue weighted by Gasteiger charge is 2.35. The summed E-state index contributed by atoms with van der Waals surface area (Å²) in [6.07, 6.45) is 0.541. The van der Waals surface area contributed by atoms with Gasteiger partial charge in [-0.05, 0) is 18.6 Å². The maximum Gasteiger partial charge on any atom is 0.358 e. The van der Waals surface area contributed by atoms with Gasteiger partial charge in [0, 0.05) is 12.1 Å². The van der Waals surface area contributed by atoms with Crippen LogP contribution >= 0.6 is 0 Å². The molecule has 1 fully saturated rings. The molecule has 1 aromatic heterocycles. The monoisotopic (exact) mass is 371 g/mol. The van der Waals surface area contributed by atoms with Crippen molar-refractivity contribution in [3.8, 4) is 5.75 Å². The Balaban J connectivity index is 1.43. The van der Waals surface area contributed by atoms with E-state index in [1.165, 1.54) is 7.11 Å². The molecule has 2 unspecified atom stereocenters. The van der Waals surface area contributed by atoms with Gasteiger partial charge in [-0.25, -0.2) is 15.6 Å². The highest BCUT2D eigenvalue weighted by molar-refractivity contribution is 5.87. The van der Waals surface area contributed by atoms with Crippen LogP contribution in [0, 0.1) is 0 Å². The summed E-state index contributed by atoms with van der Waals surface area (Å²) < 4.78 is 6.44. The van der Waals surface area contributed by atoms with Gasteiger partial charge in [0.2, 0.25) is 5.91 Å². The molecule has 2 aromatic rings. The second-order valence-electron chi connectivity index (χ2n) is 6.68. The van der Waals surface area contributed by atoms with Crippen LogP contribution in [0.5, 0.6) is 5.75 Å². The lowest BCUT2D eigenvalue weighted by atomic mass is 10.0. The molecule has 0 radical (unpaired) electrons. The van der Waals surface area contributed by atoms with E-state index in [1.807, 2.05) is 12.1 Å². The number of carbonyl (C=O) groups excluding carboxylic acids is 2. The second-order valence-corrected chi connectivity index (χ2v) is 6.68. The van der Waals surface area contributed by atoms with E-state index in [4.69, 9.17) is 4.74 Å². The number of ether oxygens (including phenoxy) is 1. The molecule has 0 spiro atoms. The van der Waals surface area contributed by atoms with E-state index in [0.717, 1.165) is 11.3 Å². The van der Waals surface area contributed by atoms with Crippen LogP contribution in [0.15, 0.2) is 30.3 Å². The van der Waals surface area contributed by atoms with Crippen LogP contribution in [-0.4, -0.2) is 51.4 Å². The number of hydrazine groups is 1. The number of esters is 1. The van der Waals surface area contributed by atoms with Crippen LogP contribution in [0.1, 0.15) is 34.2 Å². The molecule has 0 saturated carbocycles. The van der Waals surface area contributed by atoms with Gasteiger partial charge in [-0.1, -0.05) is 18.2 Å². The molecule has 2 atom stereocenters. The van der Waals surface area contributed by atoms with Crippen molar-refractivity contribution in [1.82, 2.24) is 25.5 Å². The summed E-state index contributed by atoms with van der Waals surface area (Å²) in [5.74, 6) is -0.295. The van der Waals surface area contributed by atoms with Gasteiger partial charge in [-0.15, -0.1) is 0 Å². The number of methoxy groups -OCH3 is 1. The molecular weight excluding hydrogens is 350 g/mol. The SMILES string of the molecule is COC(=O)c1cc2n(n1)CCN(C(=O)C1CC(c3ccccc3O)NN1)C2. The third-order valence-corrected chi connectivity index (χ3v) is 5.02. The highest BCUT2D eigenvalue weighted by atomic mass is 16.5. The van der Waals surface area contributed by atoms with Gasteiger partial charge in [0.1, 0.15) is 11.8 Å². The van der Waals surface area contributed by atoms with E-state index in [2.05, 4.69) is 16.0 Å². The average molecular weight is 371 g/mol. The number of phenols is 1. The lowest BCUT2D eigenvalue weighted by Gasteiger charge is -2.29. The molecule has 0 aliphatic carbocycles. The van der Waals surface area contributed by atoms with Crippen molar-refractivity contribution in [2.24, 2.45) is 0 Å². The average Bonchev–Trinajstić information content (AvgIpc) is 3.33. The Morgan fingerprint density at radius 1 is 1.26 bits per heavy atom. The summed E-state index contributed by atoms with van der Waals surface area (Å²) in [5.41, 5.74) is 7.95. The molecular formula is C18H21N5O4. The Bertz CT molecular complexity index is 880. The lowest BCUT2D eigenvalue weighted by molar-refractivity contribution is -0.134. The molecule has 9 nitrogen and oxygen atoms in total. The molecule has 9 heteroatoms. The summed E-state index contributed by atoms with van der Waals surface area (Å²) in [4.78, 5) is 26.3. The molecule has 2 aliphatic heterocycles. The number of hydrogen-bond donors (Lipinski definition) is 3. The number of hydrogen-bond acceptors (Lipinski definition) is 7. The van der Waals surface area contributed by atoms with Crippen molar-refractivity contribution in [2.45, 2.75) is 31.6 Å². The second kappa shape index (κ2) is 7.01. The van der Waals surface area contributed by atoms with Crippen LogP contribution < -0.4 is 10.9 Å². The fourth-order valence-corrected chi connectivity index (χ4v) is 3.58. The number of amides is 1. The van der Waals surface area contributed by atoms with Crippen molar-refractivity contribution in [1.29, 1.82) is 0 Å². The van der Waals surface area contributed by atoms with Crippen LogP contribution in [0.4, 0.5) is 0 Å². The zero-order valence-electron chi connectivity index (χ0n) is 14.9. The van der Waals surface area contributed by atoms with E-state index in [-0.39, 0.29) is 29.4 Å². The maximum absolute atomic E-state index is 12.9. The van der Waals surface area contributed by atoms with E-state index in [0.29, 0.717) is 26.1 Å². The minimum atomic E-state index is -0.484. The first kappa shape index (κ1) is 17.5. The first-order valence-electron chi connectivity index (χ1n) is 8.79. The van der Waals surface area contributed by atoms with Gasteiger partial charge in [-0.3, -0.25) is 9.48 Å². The third kappa shape index (κ3) is 3.26. The molecule has 3 N–H and O–H groups in total. The van der Waals surface area contributed by atoms with Crippen LogP contribution in [0.3, 0.4) is 0 Å². The van der Waals surface area contributed by atoms with Crippen molar-refractivity contribution in [3.05, 3.63) is 47.3 Å². The summed E-state index contributed by atoms with van der Waals surface area (Å²) >= 11 is 0. The standard InChI is InChI=1S/C18H21N5O4/c1-27-18(26)15-8-11-10-22(6-7-23(11)21-15)17(25)14-9-13(19-20-14)12-4-2-3-5-16(12)24/h2-5,8,13-14,19-20,24H,6-7,9-10H2,1H3. The van der Waals surface area contributed by atoms with Crippen molar-refractivity contribution in [2.75, 3.05) is 13.7 Å². The Labute approximate surface area is 155 Å². The number of aromatic hydroxyl groups is 1. The summed E-state index contributed by atoms with van der Waals surface area (Å²) in [6.45, 7) is 1.44. The fraction of sp³-hybridized carbons (Fsp3) is 0.389. The smallest absolute Gasteiger partial charge is 0.358 e. The number of fused-ring (bicyclic) bond motifs is 1. The van der Waals surface area contributed by atoms with Crippen molar-refractivity contribution >= 4 is 11.9 Å². The molecule has 1 saturated heterocycles. The molecule has 0 bridgehead atoms. The van der Waals surface area contributed by atoms with E-state index < -0.39 is 5.97 Å². The number of rotatable bonds is 3. The number of nitrogens with zero attached hydrogens (tertiary/aromatic N) is 3. The molecule has 1 amide bonds. The minimum absolute atomic E-state index is 0.0208. The Hall–Kier alpha value is -2.91. The predicted octanol–water partition coefficient (Wildman–Crippen LogP) is 0.325. The molecule has 3 heterocycles. The topological polar surface area (TPSA) is 109 Å². The Morgan fingerprint density at radius 2 is 2.07 bits per heavy atom. The number of phenolic OH excluding ortho intramolecular Hbond substituents is 1. The fourth-order valence-electron chi connectivity index (χ4n) is 3.58. The number of aromatic nitrogens is 2. The molecule has 1 aromatic carbocycles. The van der Waals surface area contributed by atoms with Gasteiger partial charge < -0.3 is 14.7 Å². The summed E-state index contributed by atoms with van der Waals surface area (Å²) in [7, 11) is 1.32. The minimum Gasteiger partial charge on any atom is -0.508 e. The van der Waals surface area contributed by atoms with Gasteiger partial charge in [0.25, 0.3) is 0 Å². The molecule has 2 aliphatic rings.